The summed E-state index contributed by atoms with van der Waals surface area (Å²) in [5.74, 6) is -2.99. The zero-order valence-electron chi connectivity index (χ0n) is 11.0. The van der Waals surface area contributed by atoms with Crippen molar-refractivity contribution in [3.05, 3.63) is 65.5 Å². The normalized spacial score (nSPS) is 13.1. The Morgan fingerprint density at radius 2 is 1.62 bits per heavy atom. The van der Waals surface area contributed by atoms with E-state index in [1.54, 1.807) is 0 Å². The van der Waals surface area contributed by atoms with Crippen LogP contribution in [0, 0.1) is 17.5 Å². The van der Waals surface area contributed by atoms with Gasteiger partial charge in [0, 0.05) is 6.04 Å². The highest BCUT2D eigenvalue weighted by Crippen LogP contribution is 2.20. The maximum absolute atomic E-state index is 13.5. The monoisotopic (exact) mass is 315 g/mol. The number of rotatable bonds is 4. The lowest BCUT2D eigenvalue weighted by Crippen LogP contribution is -2.27. The first-order chi connectivity index (χ1) is 9.81. The highest BCUT2D eigenvalue weighted by Gasteiger charge is 2.22. The van der Waals surface area contributed by atoms with Gasteiger partial charge in [-0.3, -0.25) is 0 Å². The first-order valence-corrected chi connectivity index (χ1v) is 7.51. The SMILES string of the molecule is CC(NS(=O)(=O)c1ccccc1F)c1ccc(F)c(F)c1. The van der Waals surface area contributed by atoms with Crippen molar-refractivity contribution in [2.45, 2.75) is 17.9 Å². The van der Waals surface area contributed by atoms with Crippen molar-refractivity contribution in [1.82, 2.24) is 4.72 Å². The molecule has 2 aromatic carbocycles. The molecule has 2 aromatic rings. The Labute approximate surface area is 120 Å². The van der Waals surface area contributed by atoms with Crippen LogP contribution in [0.1, 0.15) is 18.5 Å². The Morgan fingerprint density at radius 1 is 0.952 bits per heavy atom. The molecule has 1 unspecified atom stereocenters. The molecule has 0 amide bonds. The molecular formula is C14H12F3NO2S. The Hall–Kier alpha value is -1.86. The Balaban J connectivity index is 2.28. The van der Waals surface area contributed by atoms with Crippen LogP contribution in [-0.4, -0.2) is 8.42 Å². The van der Waals surface area contributed by atoms with Crippen LogP contribution >= 0.6 is 0 Å². The van der Waals surface area contributed by atoms with Gasteiger partial charge in [-0.1, -0.05) is 18.2 Å². The van der Waals surface area contributed by atoms with Crippen molar-refractivity contribution < 1.29 is 21.6 Å². The van der Waals surface area contributed by atoms with E-state index in [0.29, 0.717) is 0 Å². The molecule has 0 spiro atoms. The largest absolute Gasteiger partial charge is 0.244 e. The summed E-state index contributed by atoms with van der Waals surface area (Å²) in [6.07, 6.45) is 0. The minimum absolute atomic E-state index is 0.230. The van der Waals surface area contributed by atoms with Crippen LogP contribution in [0.25, 0.3) is 0 Å². The van der Waals surface area contributed by atoms with Crippen LogP contribution in [0.5, 0.6) is 0 Å². The van der Waals surface area contributed by atoms with E-state index in [4.69, 9.17) is 0 Å². The number of hydrogen-bond donors (Lipinski definition) is 1. The molecule has 0 saturated heterocycles. The highest BCUT2D eigenvalue weighted by molar-refractivity contribution is 7.89. The third-order valence-electron chi connectivity index (χ3n) is 2.90. The highest BCUT2D eigenvalue weighted by atomic mass is 32.2. The maximum atomic E-state index is 13.5. The summed E-state index contributed by atoms with van der Waals surface area (Å²) >= 11 is 0. The second kappa shape index (κ2) is 5.87. The fraction of sp³-hybridized carbons (Fsp3) is 0.143. The number of benzene rings is 2. The van der Waals surface area contributed by atoms with Gasteiger partial charge in [0.25, 0.3) is 0 Å². The summed E-state index contributed by atoms with van der Waals surface area (Å²) in [5.41, 5.74) is 0.230. The zero-order chi connectivity index (χ0) is 15.6. The van der Waals surface area contributed by atoms with Crippen molar-refractivity contribution in [2.24, 2.45) is 0 Å². The van der Waals surface area contributed by atoms with Crippen LogP contribution in [0.15, 0.2) is 47.4 Å². The van der Waals surface area contributed by atoms with Gasteiger partial charge in [-0.05, 0) is 36.8 Å². The molecule has 0 bridgehead atoms. The molecule has 0 aliphatic carbocycles. The van der Waals surface area contributed by atoms with E-state index >= 15 is 0 Å². The lowest BCUT2D eigenvalue weighted by molar-refractivity contribution is 0.504. The molecule has 0 aliphatic heterocycles. The Bertz CT molecular complexity index is 763. The van der Waals surface area contributed by atoms with Gasteiger partial charge in [0.2, 0.25) is 10.0 Å². The fourth-order valence-electron chi connectivity index (χ4n) is 1.81. The first-order valence-electron chi connectivity index (χ1n) is 6.03. The minimum Gasteiger partial charge on any atom is -0.207 e. The topological polar surface area (TPSA) is 46.2 Å². The molecule has 7 heteroatoms. The Morgan fingerprint density at radius 3 is 2.24 bits per heavy atom. The van der Waals surface area contributed by atoms with Gasteiger partial charge >= 0.3 is 0 Å². The van der Waals surface area contributed by atoms with Crippen LogP contribution in [-0.2, 0) is 10.0 Å². The van der Waals surface area contributed by atoms with Gasteiger partial charge in [0.05, 0.1) is 0 Å². The molecule has 1 atom stereocenters. The zero-order valence-corrected chi connectivity index (χ0v) is 11.8. The molecule has 0 radical (unpaired) electrons. The maximum Gasteiger partial charge on any atom is 0.244 e. The summed E-state index contributed by atoms with van der Waals surface area (Å²) < 4.78 is 65.9. The second-order valence-corrected chi connectivity index (χ2v) is 6.13. The number of hydrogen-bond acceptors (Lipinski definition) is 2. The first kappa shape index (κ1) is 15.5. The molecule has 0 aromatic heterocycles. The third kappa shape index (κ3) is 3.43. The van der Waals surface area contributed by atoms with Crippen molar-refractivity contribution in [3.63, 3.8) is 0 Å². The molecule has 0 heterocycles. The lowest BCUT2D eigenvalue weighted by atomic mass is 10.1. The molecular weight excluding hydrogens is 303 g/mol. The average molecular weight is 315 g/mol. The summed E-state index contributed by atoms with van der Waals surface area (Å²) in [6, 6.07) is 7.11. The number of nitrogens with one attached hydrogen (secondary N) is 1. The summed E-state index contributed by atoms with van der Waals surface area (Å²) in [6.45, 7) is 1.45. The molecule has 21 heavy (non-hydrogen) atoms. The van der Waals surface area contributed by atoms with Crippen LogP contribution < -0.4 is 4.72 Å². The molecule has 0 saturated carbocycles. The number of halogens is 3. The second-order valence-electron chi connectivity index (χ2n) is 4.45. The smallest absolute Gasteiger partial charge is 0.207 e. The van der Waals surface area contributed by atoms with Crippen molar-refractivity contribution in [1.29, 1.82) is 0 Å². The minimum atomic E-state index is -4.10. The van der Waals surface area contributed by atoms with Crippen LogP contribution in [0.4, 0.5) is 13.2 Å². The van der Waals surface area contributed by atoms with Crippen LogP contribution in [0.3, 0.4) is 0 Å². The van der Waals surface area contributed by atoms with E-state index in [9.17, 15) is 21.6 Å². The van der Waals surface area contributed by atoms with Gasteiger partial charge in [-0.15, -0.1) is 0 Å². The molecule has 0 fully saturated rings. The van der Waals surface area contributed by atoms with Crippen molar-refractivity contribution in [2.75, 3.05) is 0 Å². The van der Waals surface area contributed by atoms with Gasteiger partial charge in [0.15, 0.2) is 11.6 Å². The fourth-order valence-corrected chi connectivity index (χ4v) is 3.12. The van der Waals surface area contributed by atoms with Crippen LogP contribution in [0.2, 0.25) is 0 Å². The molecule has 0 aliphatic rings. The predicted octanol–water partition coefficient (Wildman–Crippen LogP) is 3.14. The standard InChI is InChI=1S/C14H12F3NO2S/c1-9(10-6-7-11(15)13(17)8-10)18-21(19,20)14-5-3-2-4-12(14)16/h2-9,18H,1H3. The summed E-state index contributed by atoms with van der Waals surface area (Å²) in [5, 5.41) is 0. The van der Waals surface area contributed by atoms with Gasteiger partial charge in [-0.2, -0.15) is 0 Å². The van der Waals surface area contributed by atoms with Gasteiger partial charge in [-0.25, -0.2) is 26.3 Å². The average Bonchev–Trinajstić information content (AvgIpc) is 2.41. The number of sulfonamides is 1. The van der Waals surface area contributed by atoms with E-state index in [0.717, 1.165) is 24.3 Å². The predicted molar refractivity (Wildman–Crippen MR) is 71.5 cm³/mol. The van der Waals surface area contributed by atoms with E-state index in [2.05, 4.69) is 4.72 Å². The molecule has 2 rings (SSSR count). The van der Waals surface area contributed by atoms with Gasteiger partial charge < -0.3 is 0 Å². The Kier molecular flexibility index (Phi) is 4.34. The van der Waals surface area contributed by atoms with Crippen molar-refractivity contribution in [3.8, 4) is 0 Å². The molecule has 1 N–H and O–H groups in total. The van der Waals surface area contributed by atoms with E-state index in [1.807, 2.05) is 0 Å². The molecule has 3 nitrogen and oxygen atoms in total. The summed E-state index contributed by atoms with van der Waals surface area (Å²) in [4.78, 5) is -0.501. The van der Waals surface area contributed by atoms with Crippen molar-refractivity contribution >= 4 is 10.0 Å². The van der Waals surface area contributed by atoms with E-state index in [1.165, 1.54) is 25.1 Å². The third-order valence-corrected chi connectivity index (χ3v) is 4.48. The molecule has 112 valence electrons. The van der Waals surface area contributed by atoms with E-state index in [-0.39, 0.29) is 5.56 Å². The summed E-state index contributed by atoms with van der Waals surface area (Å²) in [7, 11) is -4.10. The van der Waals surface area contributed by atoms with Gasteiger partial charge in [0.1, 0.15) is 10.7 Å². The van der Waals surface area contributed by atoms with E-state index < -0.39 is 38.4 Å². The quantitative estimate of drug-likeness (QED) is 0.942. The lowest BCUT2D eigenvalue weighted by Gasteiger charge is -2.15.